The van der Waals surface area contributed by atoms with E-state index in [0.29, 0.717) is 12.0 Å². The van der Waals surface area contributed by atoms with Gasteiger partial charge >= 0.3 is 5.97 Å². The van der Waals surface area contributed by atoms with Gasteiger partial charge in [0.2, 0.25) is 0 Å². The fourth-order valence-electron chi connectivity index (χ4n) is 5.10. The number of rotatable bonds is 12. The standard InChI is InChI=1S/C33H36N2O3/c1-24(2)31-30(33(38)34-27-20-12-7-13-21-27)29(25-16-8-5-9-17-25)32(26-18-10-6-11-19-26)35(31)23-15-4-3-14-22-28(36)37/h5-13,16-21,24H,3-4,14-15,22-23H2,1-2H3,(H,34,38)(H,36,37). The molecule has 3 aromatic carbocycles. The minimum Gasteiger partial charge on any atom is -0.481 e. The third kappa shape index (κ3) is 6.41. The number of nitrogens with one attached hydrogen (secondary N) is 1. The third-order valence-electron chi connectivity index (χ3n) is 6.74. The smallest absolute Gasteiger partial charge is 0.303 e. The van der Waals surface area contributed by atoms with E-state index in [2.05, 4.69) is 48.0 Å². The van der Waals surface area contributed by atoms with Gasteiger partial charge < -0.3 is 15.0 Å². The molecule has 5 heteroatoms. The van der Waals surface area contributed by atoms with E-state index in [4.69, 9.17) is 5.11 Å². The molecule has 5 nitrogen and oxygen atoms in total. The van der Waals surface area contributed by atoms with Crippen LogP contribution in [0.4, 0.5) is 5.69 Å². The average molecular weight is 509 g/mol. The van der Waals surface area contributed by atoms with Gasteiger partial charge in [-0.3, -0.25) is 9.59 Å². The van der Waals surface area contributed by atoms with Crippen LogP contribution in [0.2, 0.25) is 0 Å². The van der Waals surface area contributed by atoms with Crippen LogP contribution in [0.5, 0.6) is 0 Å². The summed E-state index contributed by atoms with van der Waals surface area (Å²) in [7, 11) is 0. The van der Waals surface area contributed by atoms with Crippen LogP contribution in [-0.4, -0.2) is 21.6 Å². The maximum Gasteiger partial charge on any atom is 0.303 e. The van der Waals surface area contributed by atoms with Crippen LogP contribution in [0.1, 0.15) is 67.9 Å². The lowest BCUT2D eigenvalue weighted by Gasteiger charge is -2.17. The zero-order valence-corrected chi connectivity index (χ0v) is 22.2. The topological polar surface area (TPSA) is 71.3 Å². The molecule has 0 radical (unpaired) electrons. The second kappa shape index (κ2) is 12.9. The number of unbranched alkanes of at least 4 members (excludes halogenated alkanes) is 3. The van der Waals surface area contributed by atoms with Crippen LogP contribution in [0.25, 0.3) is 22.4 Å². The van der Waals surface area contributed by atoms with Crippen molar-refractivity contribution < 1.29 is 14.7 Å². The van der Waals surface area contributed by atoms with Crippen molar-refractivity contribution in [2.45, 2.75) is 58.4 Å². The molecular formula is C33H36N2O3. The number of anilines is 1. The summed E-state index contributed by atoms with van der Waals surface area (Å²) in [5, 5.41) is 12.1. The quantitative estimate of drug-likeness (QED) is 0.189. The molecule has 0 saturated heterocycles. The van der Waals surface area contributed by atoms with E-state index < -0.39 is 5.97 Å². The number of carbonyl (C=O) groups is 2. The first-order valence-electron chi connectivity index (χ1n) is 13.4. The molecule has 4 rings (SSSR count). The number of hydrogen-bond acceptors (Lipinski definition) is 2. The lowest BCUT2D eigenvalue weighted by atomic mass is 9.94. The lowest BCUT2D eigenvalue weighted by molar-refractivity contribution is -0.137. The summed E-state index contributed by atoms with van der Waals surface area (Å²) in [6.45, 7) is 5.03. The molecule has 0 spiro atoms. The Hall–Kier alpha value is -4.12. The number of aromatic nitrogens is 1. The Labute approximate surface area is 225 Å². The van der Waals surface area contributed by atoms with E-state index in [1.165, 1.54) is 0 Å². The van der Waals surface area contributed by atoms with Crippen LogP contribution in [-0.2, 0) is 11.3 Å². The fraction of sp³-hybridized carbons (Fsp3) is 0.273. The second-order valence-corrected chi connectivity index (χ2v) is 9.90. The number of aliphatic carboxylic acids is 1. The highest BCUT2D eigenvalue weighted by atomic mass is 16.4. The van der Waals surface area contributed by atoms with Crippen molar-refractivity contribution in [3.05, 3.63) is 102 Å². The van der Waals surface area contributed by atoms with E-state index in [-0.39, 0.29) is 18.2 Å². The van der Waals surface area contributed by atoms with Gasteiger partial charge in [0.1, 0.15) is 0 Å². The van der Waals surface area contributed by atoms with Gasteiger partial charge in [0.15, 0.2) is 0 Å². The first kappa shape index (κ1) is 26.9. The number of nitrogens with zero attached hydrogens (tertiary/aromatic N) is 1. The third-order valence-corrected chi connectivity index (χ3v) is 6.74. The van der Waals surface area contributed by atoms with Gasteiger partial charge in [-0.25, -0.2) is 0 Å². The Morgan fingerprint density at radius 3 is 1.89 bits per heavy atom. The summed E-state index contributed by atoms with van der Waals surface area (Å²) in [4.78, 5) is 24.9. The number of carbonyl (C=O) groups excluding carboxylic acids is 1. The van der Waals surface area contributed by atoms with E-state index in [0.717, 1.165) is 59.6 Å². The maximum absolute atomic E-state index is 14.0. The van der Waals surface area contributed by atoms with Crippen molar-refractivity contribution in [1.82, 2.24) is 4.57 Å². The van der Waals surface area contributed by atoms with Crippen molar-refractivity contribution in [3.63, 3.8) is 0 Å². The average Bonchev–Trinajstić information content (AvgIpc) is 3.27. The minimum absolute atomic E-state index is 0.110. The predicted molar refractivity (Wildman–Crippen MR) is 155 cm³/mol. The number of amides is 1. The molecular weight excluding hydrogens is 472 g/mol. The molecule has 2 N–H and O–H groups in total. The van der Waals surface area contributed by atoms with E-state index in [1.807, 2.05) is 66.7 Å². The molecule has 1 amide bonds. The summed E-state index contributed by atoms with van der Waals surface area (Å²) >= 11 is 0. The Balaban J connectivity index is 1.85. The van der Waals surface area contributed by atoms with Gasteiger partial charge in [-0.05, 0) is 42.0 Å². The second-order valence-electron chi connectivity index (χ2n) is 9.90. The molecule has 4 aromatic rings. The SMILES string of the molecule is CC(C)c1c(C(=O)Nc2ccccc2)c(-c2ccccc2)c(-c2ccccc2)n1CCCCCCC(=O)O. The first-order chi connectivity index (χ1) is 18.5. The summed E-state index contributed by atoms with van der Waals surface area (Å²) in [5.41, 5.74) is 6.55. The molecule has 0 bridgehead atoms. The summed E-state index contributed by atoms with van der Waals surface area (Å²) in [6.07, 6.45) is 3.60. The number of para-hydroxylation sites is 1. The molecule has 38 heavy (non-hydrogen) atoms. The predicted octanol–water partition coefficient (Wildman–Crippen LogP) is 8.23. The lowest BCUT2D eigenvalue weighted by Crippen LogP contribution is -2.16. The van der Waals surface area contributed by atoms with Gasteiger partial charge in [0.25, 0.3) is 5.91 Å². The van der Waals surface area contributed by atoms with Crippen molar-refractivity contribution in [1.29, 1.82) is 0 Å². The molecule has 0 aliphatic carbocycles. The highest BCUT2D eigenvalue weighted by Crippen LogP contribution is 2.42. The van der Waals surface area contributed by atoms with E-state index >= 15 is 0 Å². The molecule has 196 valence electrons. The maximum atomic E-state index is 14.0. The van der Waals surface area contributed by atoms with Crippen LogP contribution >= 0.6 is 0 Å². The van der Waals surface area contributed by atoms with Crippen molar-refractivity contribution >= 4 is 17.6 Å². The molecule has 0 atom stereocenters. The Kier molecular flexibility index (Phi) is 9.15. The van der Waals surface area contributed by atoms with Gasteiger partial charge in [-0.2, -0.15) is 0 Å². The highest BCUT2D eigenvalue weighted by Gasteiger charge is 2.30. The van der Waals surface area contributed by atoms with Gasteiger partial charge in [-0.1, -0.05) is 106 Å². The zero-order valence-electron chi connectivity index (χ0n) is 22.2. The molecule has 1 heterocycles. The van der Waals surface area contributed by atoms with E-state index in [9.17, 15) is 9.59 Å². The normalized spacial score (nSPS) is 11.0. The molecule has 1 aromatic heterocycles. The van der Waals surface area contributed by atoms with Crippen molar-refractivity contribution in [3.8, 4) is 22.4 Å². The number of carboxylic acids is 1. The Morgan fingerprint density at radius 2 is 1.32 bits per heavy atom. The fourth-order valence-corrected chi connectivity index (χ4v) is 5.10. The summed E-state index contributed by atoms with van der Waals surface area (Å²) in [6, 6.07) is 30.0. The minimum atomic E-state index is -0.745. The van der Waals surface area contributed by atoms with Gasteiger partial charge in [-0.15, -0.1) is 0 Å². The Morgan fingerprint density at radius 1 is 0.763 bits per heavy atom. The number of benzene rings is 3. The van der Waals surface area contributed by atoms with Crippen molar-refractivity contribution in [2.75, 3.05) is 5.32 Å². The molecule has 0 aliphatic heterocycles. The van der Waals surface area contributed by atoms with Crippen LogP contribution < -0.4 is 5.32 Å². The largest absolute Gasteiger partial charge is 0.481 e. The monoisotopic (exact) mass is 508 g/mol. The van der Waals surface area contributed by atoms with Gasteiger partial charge in [0.05, 0.1) is 11.3 Å². The van der Waals surface area contributed by atoms with Crippen LogP contribution in [0, 0.1) is 0 Å². The number of carboxylic acid groups (broad SMARTS) is 1. The molecule has 0 unspecified atom stereocenters. The van der Waals surface area contributed by atoms with E-state index in [1.54, 1.807) is 0 Å². The summed E-state index contributed by atoms with van der Waals surface area (Å²) < 4.78 is 2.33. The van der Waals surface area contributed by atoms with Crippen LogP contribution in [0.15, 0.2) is 91.0 Å². The highest BCUT2D eigenvalue weighted by molar-refractivity contribution is 6.12. The summed E-state index contributed by atoms with van der Waals surface area (Å²) in [5.74, 6) is -0.750. The Bertz CT molecular complexity index is 1340. The zero-order chi connectivity index (χ0) is 26.9. The molecule has 0 aliphatic rings. The number of hydrogen-bond donors (Lipinski definition) is 2. The molecule has 0 saturated carbocycles. The van der Waals surface area contributed by atoms with Crippen LogP contribution in [0.3, 0.4) is 0 Å². The first-order valence-corrected chi connectivity index (χ1v) is 13.4. The van der Waals surface area contributed by atoms with Gasteiger partial charge in [0, 0.05) is 29.9 Å². The van der Waals surface area contributed by atoms with Crippen molar-refractivity contribution in [2.24, 2.45) is 0 Å². The molecule has 0 fully saturated rings.